The molecule has 4 heteroatoms. The number of para-hydroxylation sites is 1. The molecule has 2 aromatic carbocycles. The number of hydrogen-bond acceptors (Lipinski definition) is 3. The first-order chi connectivity index (χ1) is 10.2. The summed E-state index contributed by atoms with van der Waals surface area (Å²) in [6, 6.07) is 12.7. The lowest BCUT2D eigenvalue weighted by Crippen LogP contribution is -1.99. The lowest BCUT2D eigenvalue weighted by atomic mass is 10.1. The smallest absolute Gasteiger partial charge is 0.165 e. The van der Waals surface area contributed by atoms with Crippen LogP contribution < -0.4 is 0 Å². The van der Waals surface area contributed by atoms with Gasteiger partial charge in [0.05, 0.1) is 11.0 Å². The molecule has 0 aliphatic carbocycles. The molecule has 0 radical (unpaired) electrons. The third-order valence-corrected chi connectivity index (χ3v) is 3.98. The van der Waals surface area contributed by atoms with E-state index in [2.05, 4.69) is 9.55 Å². The number of carbonyl (C=O) groups excluding carboxylic acids is 1. The molecule has 0 atom stereocenters. The molecule has 4 nitrogen and oxygen atoms in total. The topological polar surface area (TPSA) is 55.1 Å². The molecule has 1 N–H and O–H groups in total. The average Bonchev–Trinajstić information content (AvgIpc) is 2.77. The number of aryl methyl sites for hydroxylation is 1. The molecule has 104 valence electrons. The van der Waals surface area contributed by atoms with Crippen molar-refractivity contribution in [3.63, 3.8) is 0 Å². The van der Waals surface area contributed by atoms with E-state index in [-0.39, 0.29) is 11.5 Å². The van der Waals surface area contributed by atoms with Crippen molar-refractivity contribution in [3.8, 4) is 17.1 Å². The zero-order chi connectivity index (χ0) is 14.4. The number of hydrogen-bond donors (Lipinski definition) is 1. The van der Waals surface area contributed by atoms with Crippen molar-refractivity contribution < 1.29 is 9.90 Å². The molecule has 1 aromatic heterocycles. The van der Waals surface area contributed by atoms with Crippen LogP contribution in [0.5, 0.6) is 5.75 Å². The molecule has 3 aromatic rings. The first kappa shape index (κ1) is 12.1. The summed E-state index contributed by atoms with van der Waals surface area (Å²) in [7, 11) is 0. The van der Waals surface area contributed by atoms with Crippen LogP contribution in [0.1, 0.15) is 23.2 Å². The summed E-state index contributed by atoms with van der Waals surface area (Å²) >= 11 is 0. The van der Waals surface area contributed by atoms with Gasteiger partial charge in [0.15, 0.2) is 5.78 Å². The summed E-state index contributed by atoms with van der Waals surface area (Å²) < 4.78 is 2.13. The third-order valence-electron chi connectivity index (χ3n) is 3.98. The molecular formula is C17H14N2O2. The van der Waals surface area contributed by atoms with Crippen LogP contribution in [-0.2, 0) is 6.54 Å². The Morgan fingerprint density at radius 3 is 2.71 bits per heavy atom. The molecule has 0 bridgehead atoms. The number of aromatic hydroxyl groups is 1. The van der Waals surface area contributed by atoms with Gasteiger partial charge in [-0.05, 0) is 42.8 Å². The van der Waals surface area contributed by atoms with Gasteiger partial charge in [-0.25, -0.2) is 4.98 Å². The Morgan fingerprint density at radius 1 is 1.10 bits per heavy atom. The fraction of sp³-hybridized carbons (Fsp3) is 0.176. The molecular weight excluding hydrogens is 264 g/mol. The molecule has 1 aliphatic heterocycles. The monoisotopic (exact) mass is 278 g/mol. The standard InChI is InChI=1S/C17H14N2O2/c20-12-8-6-11(7-9-12)17-18-14-4-1-3-13-15(21)5-2-10-19(17)16(13)14/h1,3-4,6-9,20H,2,5,10H2. The molecule has 4 rings (SSSR count). The summed E-state index contributed by atoms with van der Waals surface area (Å²) in [4.78, 5) is 16.9. The van der Waals surface area contributed by atoms with E-state index in [0.29, 0.717) is 6.42 Å². The maximum absolute atomic E-state index is 12.2. The second-order valence-electron chi connectivity index (χ2n) is 5.33. The zero-order valence-electron chi connectivity index (χ0n) is 11.4. The highest BCUT2D eigenvalue weighted by Gasteiger charge is 2.21. The van der Waals surface area contributed by atoms with E-state index >= 15 is 0 Å². The fourth-order valence-electron chi connectivity index (χ4n) is 2.99. The van der Waals surface area contributed by atoms with E-state index in [0.717, 1.165) is 41.0 Å². The SMILES string of the molecule is O=C1CCCn2c(-c3ccc(O)cc3)nc3cccc1c32. The highest BCUT2D eigenvalue weighted by atomic mass is 16.3. The maximum atomic E-state index is 12.2. The van der Waals surface area contributed by atoms with E-state index in [1.165, 1.54) is 0 Å². The van der Waals surface area contributed by atoms with Gasteiger partial charge < -0.3 is 9.67 Å². The summed E-state index contributed by atoms with van der Waals surface area (Å²) in [6.07, 6.45) is 1.40. The molecule has 0 fully saturated rings. The number of nitrogens with zero attached hydrogens (tertiary/aromatic N) is 2. The van der Waals surface area contributed by atoms with Crippen LogP contribution >= 0.6 is 0 Å². The summed E-state index contributed by atoms with van der Waals surface area (Å²) in [5.41, 5.74) is 3.50. The van der Waals surface area contributed by atoms with Crippen molar-refractivity contribution in [3.05, 3.63) is 48.0 Å². The van der Waals surface area contributed by atoms with Gasteiger partial charge in [0.25, 0.3) is 0 Å². The number of benzene rings is 2. The van der Waals surface area contributed by atoms with Crippen LogP contribution in [0.25, 0.3) is 22.4 Å². The van der Waals surface area contributed by atoms with E-state index in [4.69, 9.17) is 0 Å². The summed E-state index contributed by atoms with van der Waals surface area (Å²) in [5.74, 6) is 1.28. The molecule has 0 saturated carbocycles. The Kier molecular flexibility index (Phi) is 2.57. The molecule has 0 saturated heterocycles. The van der Waals surface area contributed by atoms with Crippen molar-refractivity contribution >= 4 is 16.8 Å². The molecule has 0 spiro atoms. The van der Waals surface area contributed by atoms with Gasteiger partial charge in [-0.2, -0.15) is 0 Å². The third kappa shape index (κ3) is 1.83. The van der Waals surface area contributed by atoms with Crippen LogP contribution in [0.4, 0.5) is 0 Å². The molecule has 1 aliphatic rings. The van der Waals surface area contributed by atoms with Crippen molar-refractivity contribution in [2.75, 3.05) is 0 Å². The summed E-state index contributed by atoms with van der Waals surface area (Å²) in [6.45, 7) is 0.787. The Morgan fingerprint density at radius 2 is 1.90 bits per heavy atom. The van der Waals surface area contributed by atoms with E-state index in [1.54, 1.807) is 12.1 Å². The molecule has 21 heavy (non-hydrogen) atoms. The van der Waals surface area contributed by atoms with Crippen LogP contribution in [0.3, 0.4) is 0 Å². The van der Waals surface area contributed by atoms with Crippen LogP contribution in [0.2, 0.25) is 0 Å². The quantitative estimate of drug-likeness (QED) is 0.742. The lowest BCUT2D eigenvalue weighted by Gasteiger charge is -2.07. The minimum Gasteiger partial charge on any atom is -0.508 e. The average molecular weight is 278 g/mol. The van der Waals surface area contributed by atoms with Crippen LogP contribution in [0.15, 0.2) is 42.5 Å². The van der Waals surface area contributed by atoms with Gasteiger partial charge in [0.1, 0.15) is 11.6 Å². The Balaban J connectivity index is 2.02. The number of Topliss-reactive ketones (excluding diaryl/α,β-unsaturated/α-hetero) is 1. The second kappa shape index (κ2) is 4.45. The number of ketones is 1. The minimum atomic E-state index is 0.191. The van der Waals surface area contributed by atoms with Crippen molar-refractivity contribution in [1.82, 2.24) is 9.55 Å². The Hall–Kier alpha value is -2.62. The molecule has 0 amide bonds. The first-order valence-electron chi connectivity index (χ1n) is 7.06. The van der Waals surface area contributed by atoms with E-state index < -0.39 is 0 Å². The molecule has 0 unspecified atom stereocenters. The van der Waals surface area contributed by atoms with Crippen molar-refractivity contribution in [2.24, 2.45) is 0 Å². The Bertz CT molecular complexity index is 847. The van der Waals surface area contributed by atoms with Gasteiger partial charge in [0.2, 0.25) is 0 Å². The Labute approximate surface area is 121 Å². The zero-order valence-corrected chi connectivity index (χ0v) is 11.4. The molecule has 2 heterocycles. The van der Waals surface area contributed by atoms with E-state index in [1.807, 2.05) is 30.3 Å². The van der Waals surface area contributed by atoms with Crippen LogP contribution in [-0.4, -0.2) is 20.4 Å². The number of imidazole rings is 1. The van der Waals surface area contributed by atoms with E-state index in [9.17, 15) is 9.90 Å². The van der Waals surface area contributed by atoms with Gasteiger partial charge in [-0.3, -0.25) is 4.79 Å². The lowest BCUT2D eigenvalue weighted by molar-refractivity contribution is 0.0982. The minimum absolute atomic E-state index is 0.191. The van der Waals surface area contributed by atoms with Gasteiger partial charge in [0, 0.05) is 24.1 Å². The number of aromatic nitrogens is 2. The summed E-state index contributed by atoms with van der Waals surface area (Å²) in [5, 5.41) is 9.43. The first-order valence-corrected chi connectivity index (χ1v) is 7.06. The van der Waals surface area contributed by atoms with Gasteiger partial charge >= 0.3 is 0 Å². The number of phenolic OH excluding ortho intramolecular Hbond substituents is 1. The fourth-order valence-corrected chi connectivity index (χ4v) is 2.99. The number of phenols is 1. The van der Waals surface area contributed by atoms with Crippen LogP contribution in [0, 0.1) is 0 Å². The second-order valence-corrected chi connectivity index (χ2v) is 5.33. The maximum Gasteiger partial charge on any atom is 0.165 e. The predicted molar refractivity (Wildman–Crippen MR) is 80.4 cm³/mol. The van der Waals surface area contributed by atoms with Crippen molar-refractivity contribution in [1.29, 1.82) is 0 Å². The highest BCUT2D eigenvalue weighted by molar-refractivity contribution is 6.07. The number of carbonyl (C=O) groups is 1. The van der Waals surface area contributed by atoms with Gasteiger partial charge in [-0.15, -0.1) is 0 Å². The highest BCUT2D eigenvalue weighted by Crippen LogP contribution is 2.31. The van der Waals surface area contributed by atoms with Crippen molar-refractivity contribution in [2.45, 2.75) is 19.4 Å². The normalized spacial score (nSPS) is 14.4. The van der Waals surface area contributed by atoms with Gasteiger partial charge in [-0.1, -0.05) is 6.07 Å². The number of rotatable bonds is 1. The largest absolute Gasteiger partial charge is 0.508 e. The predicted octanol–water partition coefficient (Wildman–Crippen LogP) is 3.39.